The van der Waals surface area contributed by atoms with Crippen molar-refractivity contribution in [1.82, 2.24) is 10.6 Å². The van der Waals surface area contributed by atoms with E-state index in [0.29, 0.717) is 24.4 Å². The van der Waals surface area contributed by atoms with Gasteiger partial charge in [0.05, 0.1) is 0 Å². The molecule has 0 aliphatic heterocycles. The molecule has 1 aliphatic rings. The molecule has 0 aromatic carbocycles. The monoisotopic (exact) mass is 184 g/mol. The fourth-order valence-electron chi connectivity index (χ4n) is 1.28. The van der Waals surface area contributed by atoms with Crippen LogP contribution >= 0.6 is 0 Å². The molecule has 1 aliphatic carbocycles. The number of rotatable bonds is 5. The molecule has 0 saturated heterocycles. The molecular weight excluding hydrogens is 164 g/mol. The Hall–Kier alpha value is -0.570. The lowest BCUT2D eigenvalue weighted by molar-refractivity contribution is -0.121. The Labute approximate surface area is 80.3 Å². The molecule has 1 rings (SSSR count). The summed E-state index contributed by atoms with van der Waals surface area (Å²) in [6.45, 7) is 7.11. The second kappa shape index (κ2) is 4.61. The maximum absolute atomic E-state index is 11.3. The Bertz CT molecular complexity index is 180. The summed E-state index contributed by atoms with van der Waals surface area (Å²) in [7, 11) is 0. The number of amides is 1. The van der Waals surface area contributed by atoms with Gasteiger partial charge in [0.15, 0.2) is 0 Å². The lowest BCUT2D eigenvalue weighted by atomic mass is 10.3. The van der Waals surface area contributed by atoms with E-state index >= 15 is 0 Å². The van der Waals surface area contributed by atoms with Gasteiger partial charge < -0.3 is 10.6 Å². The van der Waals surface area contributed by atoms with Crippen molar-refractivity contribution in [2.24, 2.45) is 5.92 Å². The van der Waals surface area contributed by atoms with Crippen molar-refractivity contribution in [1.29, 1.82) is 0 Å². The third kappa shape index (κ3) is 4.27. The van der Waals surface area contributed by atoms with Gasteiger partial charge in [-0.05, 0) is 12.3 Å². The van der Waals surface area contributed by atoms with Gasteiger partial charge in [0.1, 0.15) is 0 Å². The Kier molecular flexibility index (Phi) is 3.72. The first-order chi connectivity index (χ1) is 6.09. The minimum atomic E-state index is 0.183. The van der Waals surface area contributed by atoms with E-state index in [1.807, 2.05) is 0 Å². The molecule has 0 aromatic rings. The molecule has 0 bridgehead atoms. The van der Waals surface area contributed by atoms with E-state index in [1.54, 1.807) is 0 Å². The van der Waals surface area contributed by atoms with Gasteiger partial charge in [0.2, 0.25) is 5.91 Å². The zero-order valence-electron chi connectivity index (χ0n) is 8.76. The first kappa shape index (κ1) is 10.5. The molecule has 0 radical (unpaired) electrons. The molecule has 76 valence electrons. The minimum Gasteiger partial charge on any atom is -0.353 e. The Morgan fingerprint density at radius 2 is 2.15 bits per heavy atom. The van der Waals surface area contributed by atoms with Gasteiger partial charge in [-0.1, -0.05) is 20.8 Å². The van der Waals surface area contributed by atoms with Crippen LogP contribution in [0.25, 0.3) is 0 Å². The average molecular weight is 184 g/mol. The van der Waals surface area contributed by atoms with Crippen LogP contribution < -0.4 is 10.6 Å². The van der Waals surface area contributed by atoms with Crippen LogP contribution in [0.2, 0.25) is 0 Å². The van der Waals surface area contributed by atoms with E-state index in [-0.39, 0.29) is 5.91 Å². The first-order valence-corrected chi connectivity index (χ1v) is 5.12. The second-order valence-corrected chi connectivity index (χ2v) is 4.25. The van der Waals surface area contributed by atoms with E-state index in [0.717, 1.165) is 13.0 Å². The van der Waals surface area contributed by atoms with E-state index in [1.165, 1.54) is 0 Å². The van der Waals surface area contributed by atoms with Crippen LogP contribution in [0.5, 0.6) is 0 Å². The standard InChI is InChI=1S/C10H20N2O/c1-7(2)11-5-4-10(13)12-9-6-8(9)3/h7-9,11H,4-6H2,1-3H3,(H,12,13). The number of carbonyl (C=O) groups excluding carboxylic acids is 1. The summed E-state index contributed by atoms with van der Waals surface area (Å²) in [5, 5.41) is 6.22. The number of hydrogen-bond acceptors (Lipinski definition) is 2. The summed E-state index contributed by atoms with van der Waals surface area (Å²) >= 11 is 0. The van der Waals surface area contributed by atoms with Crippen LogP contribution in [-0.2, 0) is 4.79 Å². The van der Waals surface area contributed by atoms with Gasteiger partial charge >= 0.3 is 0 Å². The van der Waals surface area contributed by atoms with Crippen LogP contribution in [-0.4, -0.2) is 24.5 Å². The molecule has 2 unspecified atom stereocenters. The van der Waals surface area contributed by atoms with Crippen molar-refractivity contribution < 1.29 is 4.79 Å². The molecule has 1 amide bonds. The highest BCUT2D eigenvalue weighted by atomic mass is 16.1. The average Bonchev–Trinajstić information content (AvgIpc) is 2.65. The summed E-state index contributed by atoms with van der Waals surface area (Å²) in [6, 6.07) is 0.930. The predicted molar refractivity (Wildman–Crippen MR) is 53.5 cm³/mol. The maximum Gasteiger partial charge on any atom is 0.221 e. The smallest absolute Gasteiger partial charge is 0.221 e. The molecule has 3 nitrogen and oxygen atoms in total. The Morgan fingerprint density at radius 1 is 1.54 bits per heavy atom. The second-order valence-electron chi connectivity index (χ2n) is 4.25. The first-order valence-electron chi connectivity index (χ1n) is 5.12. The van der Waals surface area contributed by atoms with Crippen LogP contribution in [0.3, 0.4) is 0 Å². The van der Waals surface area contributed by atoms with Crippen LogP contribution in [0.1, 0.15) is 33.6 Å². The zero-order chi connectivity index (χ0) is 9.84. The third-order valence-electron chi connectivity index (χ3n) is 2.36. The highest BCUT2D eigenvalue weighted by Gasteiger charge is 2.33. The molecule has 0 aromatic heterocycles. The molecule has 0 spiro atoms. The van der Waals surface area contributed by atoms with Gasteiger partial charge in [0, 0.05) is 25.0 Å². The van der Waals surface area contributed by atoms with Gasteiger partial charge in [-0.15, -0.1) is 0 Å². The molecule has 3 heteroatoms. The van der Waals surface area contributed by atoms with Crippen LogP contribution in [0.15, 0.2) is 0 Å². The number of carbonyl (C=O) groups is 1. The molecule has 13 heavy (non-hydrogen) atoms. The summed E-state index contributed by atoms with van der Waals surface area (Å²) in [6.07, 6.45) is 1.75. The van der Waals surface area contributed by atoms with E-state index in [2.05, 4.69) is 31.4 Å². The minimum absolute atomic E-state index is 0.183. The van der Waals surface area contributed by atoms with E-state index < -0.39 is 0 Å². The van der Waals surface area contributed by atoms with Gasteiger partial charge in [-0.2, -0.15) is 0 Å². The topological polar surface area (TPSA) is 41.1 Å². The van der Waals surface area contributed by atoms with Crippen molar-refractivity contribution >= 4 is 5.91 Å². The highest BCUT2D eigenvalue weighted by molar-refractivity contribution is 5.76. The van der Waals surface area contributed by atoms with E-state index in [4.69, 9.17) is 0 Å². The fourth-order valence-corrected chi connectivity index (χ4v) is 1.28. The largest absolute Gasteiger partial charge is 0.353 e. The van der Waals surface area contributed by atoms with Gasteiger partial charge in [-0.3, -0.25) is 4.79 Å². The molecule has 1 fully saturated rings. The normalized spacial score (nSPS) is 26.2. The Balaban J connectivity index is 1.98. The SMILES string of the molecule is CC(C)NCCC(=O)NC1CC1C. The molecular formula is C10H20N2O. The van der Waals surface area contributed by atoms with Crippen LogP contribution in [0, 0.1) is 5.92 Å². The van der Waals surface area contributed by atoms with Crippen LogP contribution in [0.4, 0.5) is 0 Å². The summed E-state index contributed by atoms with van der Waals surface area (Å²) in [4.78, 5) is 11.3. The van der Waals surface area contributed by atoms with E-state index in [9.17, 15) is 4.79 Å². The van der Waals surface area contributed by atoms with Crippen molar-refractivity contribution in [3.63, 3.8) is 0 Å². The van der Waals surface area contributed by atoms with Crippen molar-refractivity contribution in [2.45, 2.75) is 45.7 Å². The number of hydrogen-bond donors (Lipinski definition) is 2. The van der Waals surface area contributed by atoms with Gasteiger partial charge in [0.25, 0.3) is 0 Å². The maximum atomic E-state index is 11.3. The fraction of sp³-hybridized carbons (Fsp3) is 0.900. The molecule has 2 atom stereocenters. The van der Waals surface area contributed by atoms with Gasteiger partial charge in [-0.25, -0.2) is 0 Å². The zero-order valence-corrected chi connectivity index (χ0v) is 8.76. The van der Waals surface area contributed by atoms with Crippen molar-refractivity contribution in [2.75, 3.05) is 6.54 Å². The molecule has 1 saturated carbocycles. The molecule has 2 N–H and O–H groups in total. The summed E-state index contributed by atoms with van der Waals surface area (Å²) in [5.74, 6) is 0.879. The van der Waals surface area contributed by atoms with Crippen molar-refractivity contribution in [3.05, 3.63) is 0 Å². The highest BCUT2D eigenvalue weighted by Crippen LogP contribution is 2.28. The predicted octanol–water partition coefficient (Wildman–Crippen LogP) is 0.899. The lowest BCUT2D eigenvalue weighted by Crippen LogP contribution is -2.32. The Morgan fingerprint density at radius 3 is 2.62 bits per heavy atom. The quantitative estimate of drug-likeness (QED) is 0.666. The van der Waals surface area contributed by atoms with Crippen molar-refractivity contribution in [3.8, 4) is 0 Å². The molecule has 0 heterocycles. The summed E-state index contributed by atoms with van der Waals surface area (Å²) < 4.78 is 0. The number of nitrogens with one attached hydrogen (secondary N) is 2. The lowest BCUT2D eigenvalue weighted by Gasteiger charge is -2.07. The third-order valence-corrected chi connectivity index (χ3v) is 2.36. The summed E-state index contributed by atoms with van der Waals surface area (Å²) in [5.41, 5.74) is 0.